The first kappa shape index (κ1) is 60.8. The van der Waals surface area contributed by atoms with Crippen molar-refractivity contribution in [1.82, 2.24) is 15.0 Å². The Morgan fingerprint density at radius 1 is 0.247 bits per heavy atom. The number of hydrogen-bond donors (Lipinski definition) is 0. The molecular formula is C75H87N3O3. The van der Waals surface area contributed by atoms with Gasteiger partial charge in [-0.2, -0.15) is 0 Å². The minimum absolute atomic E-state index is 0.699. The molecule has 0 aliphatic heterocycles. The zero-order chi connectivity index (χ0) is 56.7. The van der Waals surface area contributed by atoms with Crippen molar-refractivity contribution in [2.24, 2.45) is 0 Å². The van der Waals surface area contributed by atoms with Crippen LogP contribution >= 0.6 is 0 Å². The number of nitrogens with zero attached hydrogens (tertiary/aromatic N) is 3. The Labute approximate surface area is 486 Å². The lowest BCUT2D eigenvalue weighted by molar-refractivity contribution is 0.309. The van der Waals surface area contributed by atoms with Gasteiger partial charge in [-0.15, -0.1) is 0 Å². The third kappa shape index (κ3) is 21.0. The van der Waals surface area contributed by atoms with E-state index in [0.29, 0.717) is 6.61 Å². The average Bonchev–Trinajstić information content (AvgIpc) is 3.54. The van der Waals surface area contributed by atoms with Crippen molar-refractivity contribution in [1.29, 1.82) is 0 Å². The predicted molar refractivity (Wildman–Crippen MR) is 340 cm³/mol. The minimum Gasteiger partial charge on any atom is -0.494 e. The molecule has 420 valence electrons. The average molecular weight is 1080 g/mol. The van der Waals surface area contributed by atoms with Gasteiger partial charge in [-0.05, 0) is 199 Å². The first-order valence-corrected chi connectivity index (χ1v) is 30.1. The van der Waals surface area contributed by atoms with Crippen LogP contribution in [0.25, 0.3) is 33.4 Å². The summed E-state index contributed by atoms with van der Waals surface area (Å²) in [6.45, 7) is 15.2. The SMILES string of the molecule is CCCCOc1ccc(-c2ccc(CCc3ccc(CCC)cn3)cc2)cc1.CCCOc1ccc(-c2ccc(CCc3ccc(CCC)cn3)cc2)cc1.CCCc1ccc(CCc2ccc(-c3ccc(OCC)cc3)cc2)nc1. The van der Waals surface area contributed by atoms with Crippen LogP contribution in [0.4, 0.5) is 0 Å². The molecule has 0 spiro atoms. The summed E-state index contributed by atoms with van der Waals surface area (Å²) in [5, 5.41) is 0. The third-order valence-electron chi connectivity index (χ3n) is 14.3. The largest absolute Gasteiger partial charge is 0.494 e. The molecule has 0 saturated heterocycles. The fourth-order valence-electron chi connectivity index (χ4n) is 9.48. The van der Waals surface area contributed by atoms with E-state index in [2.05, 4.69) is 207 Å². The van der Waals surface area contributed by atoms with E-state index in [1.54, 1.807) is 0 Å². The quantitative estimate of drug-likeness (QED) is 0.0478. The zero-order valence-electron chi connectivity index (χ0n) is 49.3. The van der Waals surface area contributed by atoms with E-state index >= 15 is 0 Å². The van der Waals surface area contributed by atoms with Crippen LogP contribution in [-0.4, -0.2) is 34.8 Å². The second kappa shape index (κ2) is 34.3. The van der Waals surface area contributed by atoms with Gasteiger partial charge in [-0.25, -0.2) is 0 Å². The smallest absolute Gasteiger partial charge is 0.119 e. The van der Waals surface area contributed by atoms with Gasteiger partial charge in [-0.3, -0.25) is 15.0 Å². The van der Waals surface area contributed by atoms with E-state index in [4.69, 9.17) is 14.2 Å². The molecule has 0 aliphatic rings. The summed E-state index contributed by atoms with van der Waals surface area (Å²) >= 11 is 0. The molecule has 0 fully saturated rings. The van der Waals surface area contributed by atoms with Crippen molar-refractivity contribution in [3.63, 3.8) is 0 Å². The topological polar surface area (TPSA) is 66.4 Å². The molecule has 0 unspecified atom stereocenters. The fourth-order valence-corrected chi connectivity index (χ4v) is 9.48. The van der Waals surface area contributed by atoms with Crippen LogP contribution in [-0.2, 0) is 57.8 Å². The van der Waals surface area contributed by atoms with Crippen LogP contribution in [0.5, 0.6) is 17.2 Å². The van der Waals surface area contributed by atoms with Gasteiger partial charge in [0.1, 0.15) is 17.2 Å². The van der Waals surface area contributed by atoms with Crippen LogP contribution in [0.1, 0.15) is 131 Å². The van der Waals surface area contributed by atoms with E-state index in [1.165, 1.54) is 103 Å². The number of unbranched alkanes of at least 4 members (excludes halogenated alkanes) is 1. The molecule has 0 radical (unpaired) electrons. The lowest BCUT2D eigenvalue weighted by Gasteiger charge is -2.08. The maximum absolute atomic E-state index is 5.75. The van der Waals surface area contributed by atoms with Crippen LogP contribution in [0.15, 0.2) is 201 Å². The van der Waals surface area contributed by atoms with Crippen molar-refractivity contribution >= 4 is 0 Å². The van der Waals surface area contributed by atoms with Crippen molar-refractivity contribution in [3.8, 4) is 50.6 Å². The normalized spacial score (nSPS) is 10.7. The highest BCUT2D eigenvalue weighted by molar-refractivity contribution is 5.66. The fraction of sp³-hybridized carbons (Fsp3) is 0.320. The number of hydrogen-bond acceptors (Lipinski definition) is 6. The Morgan fingerprint density at radius 2 is 0.531 bits per heavy atom. The van der Waals surface area contributed by atoms with Gasteiger partial charge >= 0.3 is 0 Å². The Bertz CT molecular complexity index is 3100. The minimum atomic E-state index is 0.699. The molecule has 0 N–H and O–H groups in total. The molecule has 0 atom stereocenters. The molecule has 0 bridgehead atoms. The summed E-state index contributed by atoms with van der Waals surface area (Å²) in [7, 11) is 0. The van der Waals surface area contributed by atoms with Crippen molar-refractivity contribution in [2.75, 3.05) is 19.8 Å². The standard InChI is InChI=1S/C26H31NO.C25H29NO.C24H27NO/c1-3-5-19-28-26-17-13-24(14-18-26)23-11-7-21(8-12-23)9-15-25-16-10-22(6-4-2)20-27-25;1-3-5-21-9-15-24(26-19-21)14-8-20-6-10-22(11-7-20)23-12-16-25(17-13-23)27-18-4-2;1-3-5-20-9-15-23(25-18-20)14-8-19-6-10-21(11-7-19)22-12-16-24(17-13-22)26-4-2/h7-8,10-14,16-18,20H,3-6,9,15,19H2,1-2H3;6-7,9-13,15-17,19H,3-5,8,14,18H2,1-2H3;6-7,9-13,15-18H,3-5,8,14H2,1-2H3. The second-order valence-corrected chi connectivity index (χ2v) is 20.9. The first-order chi connectivity index (χ1) is 39.8. The molecule has 9 aromatic rings. The summed E-state index contributed by atoms with van der Waals surface area (Å²) in [6, 6.07) is 64.7. The molecule has 0 saturated carbocycles. The Balaban J connectivity index is 0.000000175. The number of aryl methyl sites for hydroxylation is 9. The lowest BCUT2D eigenvalue weighted by atomic mass is 10.0. The molecule has 0 aliphatic carbocycles. The monoisotopic (exact) mass is 1080 g/mol. The van der Waals surface area contributed by atoms with Gasteiger partial charge < -0.3 is 14.2 Å². The molecule has 81 heavy (non-hydrogen) atoms. The molecule has 6 nitrogen and oxygen atoms in total. The molecule has 3 aromatic heterocycles. The summed E-state index contributed by atoms with van der Waals surface area (Å²) in [5.74, 6) is 2.81. The van der Waals surface area contributed by atoms with Crippen LogP contribution in [0.3, 0.4) is 0 Å². The van der Waals surface area contributed by atoms with E-state index in [9.17, 15) is 0 Å². The number of ether oxygens (including phenoxy) is 3. The number of rotatable bonds is 27. The highest BCUT2D eigenvalue weighted by Gasteiger charge is 2.06. The highest BCUT2D eigenvalue weighted by atomic mass is 16.5. The molecule has 9 rings (SSSR count). The Hall–Kier alpha value is -7.83. The summed E-state index contributed by atoms with van der Waals surface area (Å²) < 4.78 is 16.9. The number of pyridine rings is 3. The molecule has 6 heteroatoms. The Kier molecular flexibility index (Phi) is 25.8. The molecular weight excluding hydrogens is 991 g/mol. The van der Waals surface area contributed by atoms with Crippen LogP contribution in [0, 0.1) is 0 Å². The van der Waals surface area contributed by atoms with E-state index < -0.39 is 0 Å². The lowest BCUT2D eigenvalue weighted by Crippen LogP contribution is -1.96. The Morgan fingerprint density at radius 3 is 0.790 bits per heavy atom. The van der Waals surface area contributed by atoms with E-state index in [-0.39, 0.29) is 0 Å². The van der Waals surface area contributed by atoms with Crippen molar-refractivity contribution in [2.45, 2.75) is 138 Å². The first-order valence-electron chi connectivity index (χ1n) is 30.1. The van der Waals surface area contributed by atoms with Gasteiger partial charge in [0.2, 0.25) is 0 Å². The zero-order valence-corrected chi connectivity index (χ0v) is 49.3. The molecule has 6 aromatic carbocycles. The maximum atomic E-state index is 5.75. The van der Waals surface area contributed by atoms with Crippen molar-refractivity contribution in [3.05, 3.63) is 251 Å². The summed E-state index contributed by atoms with van der Waals surface area (Å²) in [4.78, 5) is 13.8. The predicted octanol–water partition coefficient (Wildman–Crippen LogP) is 18.8. The molecule has 0 amide bonds. The maximum Gasteiger partial charge on any atom is 0.119 e. The van der Waals surface area contributed by atoms with Crippen LogP contribution in [0.2, 0.25) is 0 Å². The van der Waals surface area contributed by atoms with Gasteiger partial charge in [0, 0.05) is 35.7 Å². The second-order valence-electron chi connectivity index (χ2n) is 20.9. The van der Waals surface area contributed by atoms with Gasteiger partial charge in [0.25, 0.3) is 0 Å². The third-order valence-corrected chi connectivity index (χ3v) is 14.3. The van der Waals surface area contributed by atoms with Gasteiger partial charge in [-0.1, -0.05) is 188 Å². The number of benzene rings is 6. The van der Waals surface area contributed by atoms with Crippen molar-refractivity contribution < 1.29 is 14.2 Å². The van der Waals surface area contributed by atoms with E-state index in [0.717, 1.165) is 108 Å². The van der Waals surface area contributed by atoms with Crippen LogP contribution < -0.4 is 14.2 Å². The summed E-state index contributed by atoms with van der Waals surface area (Å²) in [6.07, 6.45) is 22.2. The molecule has 3 heterocycles. The number of aromatic nitrogens is 3. The van der Waals surface area contributed by atoms with E-state index in [1.807, 2.05) is 49.8 Å². The van der Waals surface area contributed by atoms with Gasteiger partial charge in [0.15, 0.2) is 0 Å². The summed E-state index contributed by atoms with van der Waals surface area (Å²) in [5.41, 5.74) is 18.9. The van der Waals surface area contributed by atoms with Gasteiger partial charge in [0.05, 0.1) is 19.8 Å². The highest BCUT2D eigenvalue weighted by Crippen LogP contribution is 2.27.